The first-order valence-electron chi connectivity index (χ1n) is 4.12. The molecule has 12 heavy (non-hydrogen) atoms. The van der Waals surface area contributed by atoms with Crippen LogP contribution in [0.2, 0.25) is 0 Å². The van der Waals surface area contributed by atoms with E-state index in [-0.39, 0.29) is 5.78 Å². The van der Waals surface area contributed by atoms with Gasteiger partial charge >= 0.3 is 0 Å². The monoisotopic (exact) mass is 170 g/mol. The van der Waals surface area contributed by atoms with Crippen LogP contribution in [-0.4, -0.2) is 25.3 Å². The van der Waals surface area contributed by atoms with Crippen molar-refractivity contribution in [1.82, 2.24) is 0 Å². The topological polar surface area (TPSA) is 35.5 Å². The minimum Gasteiger partial charge on any atom is -0.346 e. The Balaban J connectivity index is 2.45. The fraction of sp³-hybridized carbons (Fsp3) is 0.667. The van der Waals surface area contributed by atoms with Gasteiger partial charge in [0.15, 0.2) is 0 Å². The number of hydrogen-bond acceptors (Lipinski definition) is 3. The minimum absolute atomic E-state index is 0.0882. The molecule has 68 valence electrons. The minimum atomic E-state index is -0.659. The molecule has 1 aliphatic rings. The van der Waals surface area contributed by atoms with Crippen molar-refractivity contribution < 1.29 is 14.3 Å². The summed E-state index contributed by atoms with van der Waals surface area (Å²) >= 11 is 0. The lowest BCUT2D eigenvalue weighted by molar-refractivity contribution is -0.184. The third kappa shape index (κ3) is 2.75. The van der Waals surface area contributed by atoms with Crippen LogP contribution in [0.25, 0.3) is 0 Å². The van der Waals surface area contributed by atoms with Crippen LogP contribution in [-0.2, 0) is 14.3 Å². The maximum Gasteiger partial charge on any atom is 0.221 e. The SMILES string of the molecule is CC(C)=CC(=O)C1OCCCO1. The Hall–Kier alpha value is -0.670. The van der Waals surface area contributed by atoms with Gasteiger partial charge in [0.05, 0.1) is 13.2 Å². The molecule has 0 aromatic rings. The Bertz CT molecular complexity index is 186. The van der Waals surface area contributed by atoms with Gasteiger partial charge in [0, 0.05) is 0 Å². The Morgan fingerprint density at radius 3 is 2.42 bits per heavy atom. The summed E-state index contributed by atoms with van der Waals surface area (Å²) in [5.41, 5.74) is 0.970. The van der Waals surface area contributed by atoms with Crippen LogP contribution in [0.3, 0.4) is 0 Å². The molecule has 0 unspecified atom stereocenters. The van der Waals surface area contributed by atoms with Crippen LogP contribution in [0.15, 0.2) is 11.6 Å². The van der Waals surface area contributed by atoms with Crippen LogP contribution < -0.4 is 0 Å². The van der Waals surface area contributed by atoms with Crippen LogP contribution in [0.1, 0.15) is 20.3 Å². The maximum absolute atomic E-state index is 11.3. The van der Waals surface area contributed by atoms with Gasteiger partial charge in [-0.3, -0.25) is 4.79 Å². The molecule has 0 radical (unpaired) electrons. The van der Waals surface area contributed by atoms with Gasteiger partial charge in [0.1, 0.15) is 0 Å². The molecular formula is C9H14O3. The molecule has 0 atom stereocenters. The molecule has 0 aromatic heterocycles. The normalized spacial score (nSPS) is 18.8. The maximum atomic E-state index is 11.3. The summed E-state index contributed by atoms with van der Waals surface area (Å²) in [7, 11) is 0. The molecule has 0 bridgehead atoms. The van der Waals surface area contributed by atoms with Crippen molar-refractivity contribution in [3.63, 3.8) is 0 Å². The quantitative estimate of drug-likeness (QED) is 0.586. The molecule has 1 fully saturated rings. The van der Waals surface area contributed by atoms with Gasteiger partial charge in [-0.25, -0.2) is 0 Å². The van der Waals surface area contributed by atoms with Crippen molar-refractivity contribution in [3.05, 3.63) is 11.6 Å². The second-order valence-corrected chi connectivity index (χ2v) is 3.05. The van der Waals surface area contributed by atoms with Crippen LogP contribution >= 0.6 is 0 Å². The summed E-state index contributed by atoms with van der Waals surface area (Å²) in [6, 6.07) is 0. The first-order valence-corrected chi connectivity index (χ1v) is 4.12. The van der Waals surface area contributed by atoms with E-state index < -0.39 is 6.29 Å². The zero-order valence-electron chi connectivity index (χ0n) is 7.50. The van der Waals surface area contributed by atoms with E-state index in [0.29, 0.717) is 13.2 Å². The number of ether oxygens (including phenoxy) is 2. The van der Waals surface area contributed by atoms with Gasteiger partial charge in [-0.05, 0) is 26.3 Å². The Kier molecular flexibility index (Phi) is 3.44. The molecule has 3 nitrogen and oxygen atoms in total. The van der Waals surface area contributed by atoms with Gasteiger partial charge in [0.2, 0.25) is 12.1 Å². The van der Waals surface area contributed by atoms with Crippen molar-refractivity contribution in [3.8, 4) is 0 Å². The Morgan fingerprint density at radius 1 is 1.33 bits per heavy atom. The second-order valence-electron chi connectivity index (χ2n) is 3.05. The summed E-state index contributed by atoms with van der Waals surface area (Å²) in [6.45, 7) is 4.99. The fourth-order valence-electron chi connectivity index (χ4n) is 1.00. The molecule has 0 amide bonds. The molecule has 1 aliphatic heterocycles. The summed E-state index contributed by atoms with van der Waals surface area (Å²) < 4.78 is 10.2. The number of carbonyl (C=O) groups is 1. The fourth-order valence-corrected chi connectivity index (χ4v) is 1.00. The third-order valence-corrected chi connectivity index (χ3v) is 1.49. The molecule has 0 saturated carbocycles. The van der Waals surface area contributed by atoms with E-state index in [1.807, 2.05) is 13.8 Å². The number of hydrogen-bond donors (Lipinski definition) is 0. The first-order chi connectivity index (χ1) is 5.70. The van der Waals surface area contributed by atoms with Gasteiger partial charge in [-0.2, -0.15) is 0 Å². The molecule has 1 saturated heterocycles. The van der Waals surface area contributed by atoms with E-state index in [9.17, 15) is 4.79 Å². The van der Waals surface area contributed by atoms with Crippen molar-refractivity contribution in [1.29, 1.82) is 0 Å². The molecule has 0 aliphatic carbocycles. The Morgan fingerprint density at radius 2 is 1.92 bits per heavy atom. The lowest BCUT2D eigenvalue weighted by Gasteiger charge is -2.20. The van der Waals surface area contributed by atoms with E-state index >= 15 is 0 Å². The van der Waals surface area contributed by atoms with Crippen molar-refractivity contribution >= 4 is 5.78 Å². The average Bonchev–Trinajstić information content (AvgIpc) is 2.05. The second kappa shape index (κ2) is 4.38. The number of carbonyl (C=O) groups excluding carboxylic acids is 1. The predicted octanol–water partition coefficient (Wildman–Crippen LogP) is 1.28. The van der Waals surface area contributed by atoms with E-state index in [4.69, 9.17) is 9.47 Å². The highest BCUT2D eigenvalue weighted by Crippen LogP contribution is 2.07. The number of ketones is 1. The molecule has 3 heteroatoms. The zero-order valence-corrected chi connectivity index (χ0v) is 7.50. The smallest absolute Gasteiger partial charge is 0.221 e. The molecule has 1 heterocycles. The van der Waals surface area contributed by atoms with Gasteiger partial charge in [-0.1, -0.05) is 5.57 Å². The largest absolute Gasteiger partial charge is 0.346 e. The number of rotatable bonds is 2. The van der Waals surface area contributed by atoms with Gasteiger partial charge in [0.25, 0.3) is 0 Å². The average molecular weight is 170 g/mol. The predicted molar refractivity (Wildman–Crippen MR) is 44.7 cm³/mol. The highest BCUT2D eigenvalue weighted by atomic mass is 16.7. The highest BCUT2D eigenvalue weighted by Gasteiger charge is 2.20. The number of allylic oxidation sites excluding steroid dienone is 1. The first kappa shape index (κ1) is 9.42. The zero-order chi connectivity index (χ0) is 8.97. The van der Waals surface area contributed by atoms with E-state index in [1.165, 1.54) is 0 Å². The highest BCUT2D eigenvalue weighted by molar-refractivity contribution is 5.93. The molecule has 0 spiro atoms. The molecular weight excluding hydrogens is 156 g/mol. The van der Waals surface area contributed by atoms with Crippen LogP contribution in [0, 0.1) is 0 Å². The van der Waals surface area contributed by atoms with Crippen molar-refractivity contribution in [2.24, 2.45) is 0 Å². The molecule has 1 rings (SSSR count). The standard InChI is InChI=1S/C9H14O3/c1-7(2)6-8(10)9-11-4-3-5-12-9/h6,9H,3-5H2,1-2H3. The van der Waals surface area contributed by atoms with Crippen molar-refractivity contribution in [2.75, 3.05) is 13.2 Å². The lowest BCUT2D eigenvalue weighted by Crippen LogP contribution is -2.31. The van der Waals surface area contributed by atoms with E-state index in [1.54, 1.807) is 6.08 Å². The third-order valence-electron chi connectivity index (χ3n) is 1.49. The van der Waals surface area contributed by atoms with Gasteiger partial charge < -0.3 is 9.47 Å². The lowest BCUT2D eigenvalue weighted by atomic mass is 10.2. The van der Waals surface area contributed by atoms with Crippen LogP contribution in [0.4, 0.5) is 0 Å². The van der Waals surface area contributed by atoms with Crippen molar-refractivity contribution in [2.45, 2.75) is 26.6 Å². The summed E-state index contributed by atoms with van der Waals surface area (Å²) in [5.74, 6) is -0.0882. The molecule has 0 N–H and O–H groups in total. The van der Waals surface area contributed by atoms with Crippen LogP contribution in [0.5, 0.6) is 0 Å². The van der Waals surface area contributed by atoms with E-state index in [0.717, 1.165) is 12.0 Å². The van der Waals surface area contributed by atoms with Gasteiger partial charge in [-0.15, -0.1) is 0 Å². The molecule has 0 aromatic carbocycles. The Labute approximate surface area is 72.4 Å². The van der Waals surface area contributed by atoms with E-state index in [2.05, 4.69) is 0 Å². The summed E-state index contributed by atoms with van der Waals surface area (Å²) in [6.07, 6.45) is 1.77. The summed E-state index contributed by atoms with van der Waals surface area (Å²) in [5, 5.41) is 0. The summed E-state index contributed by atoms with van der Waals surface area (Å²) in [4.78, 5) is 11.3.